The highest BCUT2D eigenvalue weighted by atomic mass is 32.1. The SMILES string of the molecule is CC(NC(=O)c1cc2c(s1)CCCC2)c1ccc(OCc2cccnc2)cc1. The van der Waals surface area contributed by atoms with Crippen molar-refractivity contribution < 1.29 is 9.53 Å². The summed E-state index contributed by atoms with van der Waals surface area (Å²) in [5.74, 6) is 0.820. The van der Waals surface area contributed by atoms with Gasteiger partial charge in [0.25, 0.3) is 5.91 Å². The third-order valence-electron chi connectivity index (χ3n) is 5.08. The Bertz CT molecular complexity index is 911. The van der Waals surface area contributed by atoms with Crippen LogP contribution in [0.4, 0.5) is 0 Å². The van der Waals surface area contributed by atoms with Gasteiger partial charge in [0.1, 0.15) is 12.4 Å². The van der Waals surface area contributed by atoms with Crippen LogP contribution in [0.25, 0.3) is 0 Å². The summed E-state index contributed by atoms with van der Waals surface area (Å²) in [5.41, 5.74) is 3.46. The summed E-state index contributed by atoms with van der Waals surface area (Å²) in [7, 11) is 0. The molecular weight excluding hydrogens is 368 g/mol. The number of hydrogen-bond acceptors (Lipinski definition) is 4. The van der Waals surface area contributed by atoms with E-state index in [4.69, 9.17) is 4.74 Å². The topological polar surface area (TPSA) is 51.2 Å². The zero-order valence-corrected chi connectivity index (χ0v) is 16.8. The first kappa shape index (κ1) is 18.7. The fraction of sp³-hybridized carbons (Fsp3) is 0.304. The van der Waals surface area contributed by atoms with Crippen molar-refractivity contribution in [1.29, 1.82) is 0 Å². The number of nitrogens with one attached hydrogen (secondary N) is 1. The van der Waals surface area contributed by atoms with Crippen LogP contribution in [-0.4, -0.2) is 10.9 Å². The molecule has 0 radical (unpaired) electrons. The molecule has 1 atom stereocenters. The molecule has 144 valence electrons. The van der Waals surface area contributed by atoms with Gasteiger partial charge in [-0.25, -0.2) is 0 Å². The van der Waals surface area contributed by atoms with Crippen molar-refractivity contribution in [2.45, 2.75) is 45.3 Å². The highest BCUT2D eigenvalue weighted by molar-refractivity contribution is 7.14. The highest BCUT2D eigenvalue weighted by Gasteiger charge is 2.18. The van der Waals surface area contributed by atoms with E-state index < -0.39 is 0 Å². The van der Waals surface area contributed by atoms with Crippen LogP contribution in [0.5, 0.6) is 5.75 Å². The molecule has 1 aromatic carbocycles. The van der Waals surface area contributed by atoms with Crippen molar-refractivity contribution in [3.63, 3.8) is 0 Å². The van der Waals surface area contributed by atoms with Gasteiger partial charge >= 0.3 is 0 Å². The van der Waals surface area contributed by atoms with Gasteiger partial charge in [-0.3, -0.25) is 9.78 Å². The van der Waals surface area contributed by atoms with Crippen molar-refractivity contribution in [2.24, 2.45) is 0 Å². The molecule has 1 aliphatic carbocycles. The summed E-state index contributed by atoms with van der Waals surface area (Å²) in [4.78, 5) is 18.9. The molecular formula is C23H24N2O2S. The smallest absolute Gasteiger partial charge is 0.261 e. The Morgan fingerprint density at radius 2 is 2.04 bits per heavy atom. The summed E-state index contributed by atoms with van der Waals surface area (Å²) >= 11 is 1.65. The number of nitrogens with zero attached hydrogens (tertiary/aromatic N) is 1. The monoisotopic (exact) mass is 392 g/mol. The average molecular weight is 393 g/mol. The zero-order chi connectivity index (χ0) is 19.3. The van der Waals surface area contributed by atoms with E-state index >= 15 is 0 Å². The van der Waals surface area contributed by atoms with E-state index in [1.807, 2.05) is 43.3 Å². The average Bonchev–Trinajstić information content (AvgIpc) is 3.18. The standard InChI is InChI=1S/C23H24N2O2S/c1-16(25-23(26)22-13-19-6-2-3-7-21(19)28-22)18-8-10-20(11-9-18)27-15-17-5-4-12-24-14-17/h4-5,8-14,16H,2-3,6-7,15H2,1H3,(H,25,26). The molecule has 2 heterocycles. The minimum Gasteiger partial charge on any atom is -0.489 e. The lowest BCUT2D eigenvalue weighted by molar-refractivity contribution is 0.0944. The molecule has 1 unspecified atom stereocenters. The number of carbonyl (C=O) groups is 1. The molecule has 5 heteroatoms. The Kier molecular flexibility index (Phi) is 5.72. The maximum atomic E-state index is 12.6. The van der Waals surface area contributed by atoms with Gasteiger partial charge in [-0.05, 0) is 68.0 Å². The fourth-order valence-corrected chi connectivity index (χ4v) is 4.61. The Hall–Kier alpha value is -2.66. The molecule has 4 nitrogen and oxygen atoms in total. The predicted octanol–water partition coefficient (Wildman–Crippen LogP) is 5.09. The molecule has 1 amide bonds. The molecule has 2 aromatic heterocycles. The van der Waals surface area contributed by atoms with E-state index in [1.54, 1.807) is 23.7 Å². The lowest BCUT2D eigenvalue weighted by atomic mass is 9.99. The Morgan fingerprint density at radius 1 is 1.21 bits per heavy atom. The number of hydrogen-bond donors (Lipinski definition) is 1. The van der Waals surface area contributed by atoms with Gasteiger partial charge in [0.2, 0.25) is 0 Å². The van der Waals surface area contributed by atoms with Gasteiger partial charge in [0.05, 0.1) is 10.9 Å². The number of aromatic nitrogens is 1. The third kappa shape index (κ3) is 4.42. The van der Waals surface area contributed by atoms with Gasteiger partial charge in [0, 0.05) is 22.8 Å². The van der Waals surface area contributed by atoms with Crippen LogP contribution in [0, 0.1) is 0 Å². The second-order valence-electron chi connectivity index (χ2n) is 7.18. The first-order chi connectivity index (χ1) is 13.7. The van der Waals surface area contributed by atoms with Crippen molar-refractivity contribution in [3.05, 3.63) is 81.3 Å². The maximum Gasteiger partial charge on any atom is 0.261 e. The van der Waals surface area contributed by atoms with Crippen molar-refractivity contribution in [3.8, 4) is 5.75 Å². The van der Waals surface area contributed by atoms with Crippen molar-refractivity contribution in [1.82, 2.24) is 10.3 Å². The van der Waals surface area contributed by atoms with E-state index in [9.17, 15) is 4.79 Å². The molecule has 0 spiro atoms. The summed E-state index contributed by atoms with van der Waals surface area (Å²) in [6.45, 7) is 2.50. The number of thiophene rings is 1. The molecule has 0 fully saturated rings. The molecule has 0 saturated carbocycles. The van der Waals surface area contributed by atoms with Gasteiger partial charge in [0.15, 0.2) is 0 Å². The van der Waals surface area contributed by atoms with Gasteiger partial charge in [-0.15, -0.1) is 11.3 Å². The van der Waals surface area contributed by atoms with Gasteiger partial charge in [-0.1, -0.05) is 18.2 Å². The van der Waals surface area contributed by atoms with E-state index in [0.717, 1.165) is 34.6 Å². The number of fused-ring (bicyclic) bond motifs is 1. The van der Waals surface area contributed by atoms with Crippen LogP contribution in [0.15, 0.2) is 54.9 Å². The molecule has 3 aromatic rings. The van der Waals surface area contributed by atoms with Crippen LogP contribution in [0.1, 0.15) is 57.0 Å². The second kappa shape index (κ2) is 8.57. The first-order valence-electron chi connectivity index (χ1n) is 9.73. The lowest BCUT2D eigenvalue weighted by Gasteiger charge is -2.14. The molecule has 0 aliphatic heterocycles. The van der Waals surface area contributed by atoms with E-state index in [-0.39, 0.29) is 11.9 Å². The van der Waals surface area contributed by atoms with Crippen molar-refractivity contribution in [2.75, 3.05) is 0 Å². The Morgan fingerprint density at radius 3 is 2.79 bits per heavy atom. The summed E-state index contributed by atoms with van der Waals surface area (Å²) in [5, 5.41) is 3.12. The van der Waals surface area contributed by atoms with E-state index in [2.05, 4.69) is 16.4 Å². The van der Waals surface area contributed by atoms with Gasteiger partial charge in [-0.2, -0.15) is 0 Å². The lowest BCUT2D eigenvalue weighted by Crippen LogP contribution is -2.25. The van der Waals surface area contributed by atoms with Crippen molar-refractivity contribution >= 4 is 17.2 Å². The van der Waals surface area contributed by atoms with Crippen LogP contribution < -0.4 is 10.1 Å². The number of rotatable bonds is 6. The number of aryl methyl sites for hydroxylation is 2. The van der Waals surface area contributed by atoms with Gasteiger partial charge < -0.3 is 10.1 Å². The van der Waals surface area contributed by atoms with E-state index in [1.165, 1.54) is 23.3 Å². The molecule has 4 rings (SSSR count). The van der Waals surface area contributed by atoms with Crippen LogP contribution >= 0.6 is 11.3 Å². The fourth-order valence-electron chi connectivity index (χ4n) is 3.46. The normalized spacial score (nSPS) is 14.2. The first-order valence-corrected chi connectivity index (χ1v) is 10.5. The molecule has 0 saturated heterocycles. The largest absolute Gasteiger partial charge is 0.489 e. The molecule has 1 N–H and O–H groups in total. The quantitative estimate of drug-likeness (QED) is 0.635. The van der Waals surface area contributed by atoms with E-state index in [0.29, 0.717) is 6.61 Å². The summed E-state index contributed by atoms with van der Waals surface area (Å²) in [6.07, 6.45) is 8.24. The van der Waals surface area contributed by atoms with Crippen LogP contribution in [-0.2, 0) is 19.4 Å². The highest BCUT2D eigenvalue weighted by Crippen LogP contribution is 2.30. The number of amides is 1. The van der Waals surface area contributed by atoms with Crippen LogP contribution in [0.3, 0.4) is 0 Å². The second-order valence-corrected chi connectivity index (χ2v) is 8.32. The molecule has 0 bridgehead atoms. The maximum absolute atomic E-state index is 12.6. The molecule has 1 aliphatic rings. The summed E-state index contributed by atoms with van der Waals surface area (Å²) in [6, 6.07) is 13.8. The number of ether oxygens (including phenoxy) is 1. The van der Waals surface area contributed by atoms with Crippen LogP contribution in [0.2, 0.25) is 0 Å². The Labute approximate surface area is 169 Å². The Balaban J connectivity index is 1.34. The third-order valence-corrected chi connectivity index (χ3v) is 6.31. The number of carbonyl (C=O) groups excluding carboxylic acids is 1. The zero-order valence-electron chi connectivity index (χ0n) is 16.0. The number of pyridine rings is 1. The minimum atomic E-state index is -0.0565. The minimum absolute atomic E-state index is 0.0174. The predicted molar refractivity (Wildman–Crippen MR) is 112 cm³/mol. The summed E-state index contributed by atoms with van der Waals surface area (Å²) < 4.78 is 5.80. The molecule has 28 heavy (non-hydrogen) atoms. The number of benzene rings is 1.